The van der Waals surface area contributed by atoms with Crippen molar-refractivity contribution in [1.29, 1.82) is 0 Å². The monoisotopic (exact) mass is 533 g/mol. The van der Waals surface area contributed by atoms with E-state index in [1.807, 2.05) is 0 Å². The van der Waals surface area contributed by atoms with Gasteiger partial charge in [-0.3, -0.25) is 9.78 Å². The number of rotatable bonds is 9. The van der Waals surface area contributed by atoms with E-state index >= 15 is 0 Å². The summed E-state index contributed by atoms with van der Waals surface area (Å²) in [6.07, 6.45) is 3.99. The fourth-order valence-electron chi connectivity index (χ4n) is 3.97. The third-order valence-corrected chi connectivity index (χ3v) is 6.14. The van der Waals surface area contributed by atoms with Crippen LogP contribution in [-0.4, -0.2) is 64.3 Å². The van der Waals surface area contributed by atoms with Crippen LogP contribution in [0.25, 0.3) is 22.6 Å². The van der Waals surface area contributed by atoms with Gasteiger partial charge >= 0.3 is 0 Å². The maximum absolute atomic E-state index is 13.7. The van der Waals surface area contributed by atoms with Crippen LogP contribution >= 0.6 is 0 Å². The molecule has 202 valence electrons. The number of amides is 1. The highest BCUT2D eigenvalue weighted by Crippen LogP contribution is 2.36. The van der Waals surface area contributed by atoms with Crippen molar-refractivity contribution >= 4 is 17.5 Å². The number of ether oxygens (including phenoxy) is 3. The van der Waals surface area contributed by atoms with Crippen LogP contribution in [0.4, 0.5) is 16.0 Å². The smallest absolute Gasteiger partial charge is 0.235 e. The number of hydrogen-bond acceptors (Lipinski definition) is 9. The number of anilines is 2. The normalized spacial score (nSPS) is 19.0. The average Bonchev–Trinajstić information content (AvgIpc) is 3.40. The molecule has 0 aliphatic carbocycles. The van der Waals surface area contributed by atoms with Gasteiger partial charge in [-0.05, 0) is 49.4 Å². The molecule has 3 aromatic heterocycles. The van der Waals surface area contributed by atoms with Crippen molar-refractivity contribution in [2.75, 3.05) is 44.1 Å². The van der Waals surface area contributed by atoms with Gasteiger partial charge in [-0.15, -0.1) is 0 Å². The van der Waals surface area contributed by atoms with E-state index in [0.717, 1.165) is 0 Å². The lowest BCUT2D eigenvalue weighted by atomic mass is 9.91. The van der Waals surface area contributed by atoms with Gasteiger partial charge in [0.2, 0.25) is 18.1 Å². The Hall–Kier alpha value is -4.26. The Balaban J connectivity index is 1.38. The lowest BCUT2D eigenvalue weighted by Crippen LogP contribution is -2.45. The van der Waals surface area contributed by atoms with Crippen LogP contribution in [0.2, 0.25) is 0 Å². The Bertz CT molecular complexity index is 1410. The number of benzene rings is 1. The van der Waals surface area contributed by atoms with E-state index < -0.39 is 11.7 Å². The van der Waals surface area contributed by atoms with Crippen LogP contribution in [0.15, 0.2) is 61.1 Å². The third-order valence-electron chi connectivity index (χ3n) is 6.14. The number of hydrogen-bond donors (Lipinski definition) is 3. The van der Waals surface area contributed by atoms with E-state index in [0.29, 0.717) is 53.3 Å². The van der Waals surface area contributed by atoms with Gasteiger partial charge in [-0.25, -0.2) is 19.3 Å². The minimum Gasteiger partial charge on any atom is -0.383 e. The van der Waals surface area contributed by atoms with Crippen LogP contribution in [0.5, 0.6) is 0 Å². The molecule has 12 heteroatoms. The number of halogens is 1. The fourth-order valence-corrected chi connectivity index (χ4v) is 3.97. The molecular formula is C27H28FN7O4. The molecule has 0 saturated carbocycles. The topological polar surface area (TPSA) is 136 Å². The van der Waals surface area contributed by atoms with Gasteiger partial charge in [-0.1, -0.05) is 0 Å². The summed E-state index contributed by atoms with van der Waals surface area (Å²) in [5.74, 6) is 0.221. The second kappa shape index (κ2) is 11.6. The first-order valence-electron chi connectivity index (χ1n) is 12.3. The number of aromatic nitrogens is 5. The first-order chi connectivity index (χ1) is 18.9. The molecule has 1 fully saturated rings. The Morgan fingerprint density at radius 1 is 1.15 bits per heavy atom. The quantitative estimate of drug-likeness (QED) is 0.274. The summed E-state index contributed by atoms with van der Waals surface area (Å²) in [4.78, 5) is 33.8. The van der Waals surface area contributed by atoms with E-state index in [-0.39, 0.29) is 24.9 Å². The van der Waals surface area contributed by atoms with Crippen LogP contribution < -0.4 is 10.6 Å². The van der Waals surface area contributed by atoms with Crippen molar-refractivity contribution in [3.05, 3.63) is 72.7 Å². The molecule has 4 heterocycles. The minimum absolute atomic E-state index is 0.104. The molecule has 39 heavy (non-hydrogen) atoms. The number of methoxy groups -OCH3 is 1. The molecule has 1 saturated heterocycles. The maximum Gasteiger partial charge on any atom is 0.235 e. The zero-order chi connectivity index (χ0) is 27.2. The molecule has 1 aliphatic heterocycles. The molecule has 1 amide bonds. The van der Waals surface area contributed by atoms with Crippen molar-refractivity contribution in [2.24, 2.45) is 5.41 Å². The first-order valence-corrected chi connectivity index (χ1v) is 12.3. The van der Waals surface area contributed by atoms with Gasteiger partial charge < -0.3 is 29.8 Å². The van der Waals surface area contributed by atoms with Gasteiger partial charge in [0.1, 0.15) is 5.82 Å². The summed E-state index contributed by atoms with van der Waals surface area (Å²) in [7, 11) is 1.62. The number of nitrogens with zero attached hydrogens (tertiary/aromatic N) is 4. The lowest BCUT2D eigenvalue weighted by Gasteiger charge is -2.35. The van der Waals surface area contributed by atoms with Gasteiger partial charge in [0.05, 0.1) is 54.2 Å². The standard InChI is InChI=1S/C27H28FN7O4/c1-27(25(36)32-19-4-3-10-29-14-19)15-38-24(39-16-27)23-34-21(17-5-7-18(28)8-6-17)22(35-23)20-9-11-30-26(33-20)31-12-13-37-2/h3-11,14,24H,12-13,15-16H2,1-2H3,(H,32,36)(H,34,35)(H,30,31,33). The molecular weight excluding hydrogens is 505 g/mol. The summed E-state index contributed by atoms with van der Waals surface area (Å²) in [5, 5.41) is 5.95. The number of pyridine rings is 1. The number of carbonyl (C=O) groups excluding carboxylic acids is 1. The molecule has 11 nitrogen and oxygen atoms in total. The molecule has 0 atom stereocenters. The van der Waals surface area contributed by atoms with Crippen molar-refractivity contribution in [2.45, 2.75) is 13.2 Å². The second-order valence-corrected chi connectivity index (χ2v) is 9.25. The van der Waals surface area contributed by atoms with E-state index in [1.54, 1.807) is 63.0 Å². The summed E-state index contributed by atoms with van der Waals surface area (Å²) < 4.78 is 30.7. The SMILES string of the molecule is COCCNc1nccc(-c2[nH]c(C3OCC(C)(C(=O)Nc4cccnc4)CO3)nc2-c2ccc(F)cc2)n1. The molecule has 1 aromatic carbocycles. The van der Waals surface area contributed by atoms with E-state index in [9.17, 15) is 9.18 Å². The Morgan fingerprint density at radius 2 is 1.95 bits per heavy atom. The van der Waals surface area contributed by atoms with Crippen LogP contribution in [0.3, 0.4) is 0 Å². The number of carbonyl (C=O) groups is 1. The molecule has 0 spiro atoms. The zero-order valence-electron chi connectivity index (χ0n) is 21.5. The van der Waals surface area contributed by atoms with Gasteiger partial charge in [-0.2, -0.15) is 0 Å². The molecule has 5 rings (SSSR count). The second-order valence-electron chi connectivity index (χ2n) is 9.25. The van der Waals surface area contributed by atoms with E-state index in [1.165, 1.54) is 12.1 Å². The summed E-state index contributed by atoms with van der Waals surface area (Å²) in [5.41, 5.74) is 2.05. The van der Waals surface area contributed by atoms with E-state index in [4.69, 9.17) is 19.2 Å². The number of aromatic amines is 1. The number of H-pyrrole nitrogens is 1. The summed E-state index contributed by atoms with van der Waals surface area (Å²) in [6.45, 7) is 3.01. The van der Waals surface area contributed by atoms with Gasteiger partial charge in [0.15, 0.2) is 5.82 Å². The van der Waals surface area contributed by atoms with Crippen molar-refractivity contribution in [1.82, 2.24) is 24.9 Å². The van der Waals surface area contributed by atoms with E-state index in [2.05, 4.69) is 30.6 Å². The number of nitrogens with one attached hydrogen (secondary N) is 3. The molecule has 0 radical (unpaired) electrons. The maximum atomic E-state index is 13.7. The van der Waals surface area contributed by atoms with Crippen LogP contribution in [-0.2, 0) is 19.0 Å². The predicted molar refractivity (Wildman–Crippen MR) is 141 cm³/mol. The fraction of sp³-hybridized carbons (Fsp3) is 0.296. The van der Waals surface area contributed by atoms with Crippen molar-refractivity contribution in [3.63, 3.8) is 0 Å². The first kappa shape index (κ1) is 26.4. The molecule has 3 N–H and O–H groups in total. The molecule has 1 aliphatic rings. The third kappa shape index (κ3) is 6.08. The highest BCUT2D eigenvalue weighted by molar-refractivity contribution is 5.95. The lowest BCUT2D eigenvalue weighted by molar-refractivity contribution is -0.229. The molecule has 0 unspecified atom stereocenters. The highest BCUT2D eigenvalue weighted by atomic mass is 19.1. The largest absolute Gasteiger partial charge is 0.383 e. The van der Waals surface area contributed by atoms with Gasteiger partial charge in [0.25, 0.3) is 0 Å². The molecule has 4 aromatic rings. The van der Waals surface area contributed by atoms with Crippen molar-refractivity contribution < 1.29 is 23.4 Å². The Labute approximate surface area is 224 Å². The van der Waals surface area contributed by atoms with Gasteiger partial charge in [0, 0.05) is 31.6 Å². The zero-order valence-corrected chi connectivity index (χ0v) is 21.5. The average molecular weight is 534 g/mol. The Morgan fingerprint density at radius 3 is 2.67 bits per heavy atom. The summed E-state index contributed by atoms with van der Waals surface area (Å²) in [6, 6.07) is 11.3. The number of imidazole rings is 1. The Kier molecular flexibility index (Phi) is 7.87. The highest BCUT2D eigenvalue weighted by Gasteiger charge is 2.41. The van der Waals surface area contributed by atoms with Crippen molar-refractivity contribution in [3.8, 4) is 22.6 Å². The van der Waals surface area contributed by atoms with Crippen LogP contribution in [0, 0.1) is 11.2 Å². The van der Waals surface area contributed by atoms with Crippen LogP contribution in [0.1, 0.15) is 19.0 Å². The predicted octanol–water partition coefficient (Wildman–Crippen LogP) is 3.82. The summed E-state index contributed by atoms with van der Waals surface area (Å²) >= 11 is 0. The molecule has 0 bridgehead atoms. The minimum atomic E-state index is -0.920.